The number of phenols is 1. The summed E-state index contributed by atoms with van der Waals surface area (Å²) in [5.41, 5.74) is 2.22. The van der Waals surface area contributed by atoms with E-state index in [1.807, 2.05) is 37.3 Å². The lowest BCUT2D eigenvalue weighted by molar-refractivity contribution is 0.102. The van der Waals surface area contributed by atoms with Crippen LogP contribution in [0, 0.1) is 6.92 Å². The molecule has 0 fully saturated rings. The predicted molar refractivity (Wildman–Crippen MR) is 127 cm³/mol. The number of benzene rings is 4. The molecule has 0 radical (unpaired) electrons. The van der Waals surface area contributed by atoms with E-state index in [0.29, 0.717) is 27.5 Å². The Balaban J connectivity index is 1.80. The van der Waals surface area contributed by atoms with Crippen molar-refractivity contribution in [3.63, 3.8) is 0 Å². The largest absolute Gasteiger partial charge is 0.505 e. The summed E-state index contributed by atoms with van der Waals surface area (Å²) in [4.78, 5) is 13.1. The van der Waals surface area contributed by atoms with Gasteiger partial charge >= 0.3 is 0 Å². The summed E-state index contributed by atoms with van der Waals surface area (Å²) < 4.78 is 5.29. The van der Waals surface area contributed by atoms with Crippen molar-refractivity contribution in [2.24, 2.45) is 10.2 Å². The van der Waals surface area contributed by atoms with Gasteiger partial charge in [0.15, 0.2) is 5.75 Å². The number of nitrogens with one attached hydrogen (secondary N) is 1. The molecule has 0 saturated carbocycles. The maximum atomic E-state index is 13.1. The molecule has 32 heavy (non-hydrogen) atoms. The van der Waals surface area contributed by atoms with Crippen LogP contribution in [0.1, 0.15) is 15.9 Å². The van der Waals surface area contributed by atoms with Gasteiger partial charge in [0, 0.05) is 10.4 Å². The highest BCUT2D eigenvalue weighted by Crippen LogP contribution is 2.40. The number of rotatable bonds is 5. The number of aryl methyl sites for hydroxylation is 1. The number of hydrogen-bond donors (Lipinski definition) is 2. The quantitative estimate of drug-likeness (QED) is 0.319. The van der Waals surface area contributed by atoms with Gasteiger partial charge in [0.05, 0.1) is 24.0 Å². The molecule has 7 heteroatoms. The van der Waals surface area contributed by atoms with Gasteiger partial charge in [-0.25, -0.2) is 0 Å². The van der Waals surface area contributed by atoms with Gasteiger partial charge in [-0.2, -0.15) is 5.11 Å². The third-order valence-corrected chi connectivity index (χ3v) is 5.26. The first-order valence-electron chi connectivity index (χ1n) is 9.85. The lowest BCUT2D eigenvalue weighted by Gasteiger charge is -2.13. The lowest BCUT2D eigenvalue weighted by atomic mass is 10.0. The van der Waals surface area contributed by atoms with Gasteiger partial charge in [-0.05, 0) is 48.2 Å². The van der Waals surface area contributed by atoms with E-state index in [4.69, 9.17) is 16.3 Å². The van der Waals surface area contributed by atoms with Crippen LogP contribution >= 0.6 is 11.6 Å². The molecule has 2 N–H and O–H groups in total. The van der Waals surface area contributed by atoms with Crippen LogP contribution in [0.5, 0.6) is 11.5 Å². The Kier molecular flexibility index (Phi) is 6.05. The van der Waals surface area contributed by atoms with E-state index in [2.05, 4.69) is 15.5 Å². The summed E-state index contributed by atoms with van der Waals surface area (Å²) in [6, 6.07) is 21.3. The molecule has 4 aromatic carbocycles. The number of carbonyl (C=O) groups excluding carboxylic acids is 1. The Hall–Kier alpha value is -3.90. The summed E-state index contributed by atoms with van der Waals surface area (Å²) in [6.45, 7) is 1.89. The number of amides is 1. The molecule has 1 amide bonds. The monoisotopic (exact) mass is 445 g/mol. The van der Waals surface area contributed by atoms with Crippen molar-refractivity contribution in [3.05, 3.63) is 88.9 Å². The second-order valence-corrected chi connectivity index (χ2v) is 7.56. The van der Waals surface area contributed by atoms with E-state index in [1.54, 1.807) is 42.5 Å². The molecule has 0 saturated heterocycles. The van der Waals surface area contributed by atoms with E-state index in [9.17, 15) is 9.90 Å². The zero-order chi connectivity index (χ0) is 22.7. The molecule has 0 spiro atoms. The van der Waals surface area contributed by atoms with Crippen LogP contribution in [0.2, 0.25) is 5.02 Å². The molecular formula is C25H20ClN3O3. The zero-order valence-corrected chi connectivity index (χ0v) is 18.2. The Bertz CT molecular complexity index is 1350. The molecule has 0 heterocycles. The molecule has 0 aliphatic carbocycles. The number of hydrogen-bond acceptors (Lipinski definition) is 5. The maximum Gasteiger partial charge on any atom is 0.259 e. The van der Waals surface area contributed by atoms with Gasteiger partial charge in [-0.15, -0.1) is 5.11 Å². The first kappa shape index (κ1) is 21.3. The highest BCUT2D eigenvalue weighted by molar-refractivity contribution is 6.30. The normalized spacial score (nSPS) is 11.1. The Morgan fingerprint density at radius 1 is 1.00 bits per heavy atom. The van der Waals surface area contributed by atoms with E-state index in [1.165, 1.54) is 7.11 Å². The number of anilines is 1. The number of para-hydroxylation sites is 2. The fourth-order valence-electron chi connectivity index (χ4n) is 3.32. The standard InChI is InChI=1S/C25H20ClN3O3/c1-15-11-12-17(26)14-21(15)28-29-23-18-8-4-3-7-16(18)13-19(24(23)30)25(31)27-20-9-5-6-10-22(20)32-2/h3-14,30H,1-2H3,(H,27,31). The van der Waals surface area contributed by atoms with Crippen molar-refractivity contribution in [2.45, 2.75) is 6.92 Å². The van der Waals surface area contributed by atoms with Crippen LogP contribution in [-0.2, 0) is 0 Å². The molecule has 0 bridgehead atoms. The number of carbonyl (C=O) groups is 1. The van der Waals surface area contributed by atoms with Gasteiger partial charge in [-0.3, -0.25) is 4.79 Å². The zero-order valence-electron chi connectivity index (χ0n) is 17.5. The minimum atomic E-state index is -0.492. The third-order valence-electron chi connectivity index (χ3n) is 5.02. The number of nitrogens with zero attached hydrogens (tertiary/aromatic N) is 2. The van der Waals surface area contributed by atoms with E-state index in [-0.39, 0.29) is 17.0 Å². The highest BCUT2D eigenvalue weighted by atomic mass is 35.5. The average molecular weight is 446 g/mol. The number of halogens is 1. The van der Waals surface area contributed by atoms with Gasteiger partial charge in [0.1, 0.15) is 11.4 Å². The third kappa shape index (κ3) is 4.26. The highest BCUT2D eigenvalue weighted by Gasteiger charge is 2.19. The van der Waals surface area contributed by atoms with Crippen molar-refractivity contribution in [1.29, 1.82) is 0 Å². The second kappa shape index (κ2) is 9.08. The van der Waals surface area contributed by atoms with Crippen molar-refractivity contribution in [2.75, 3.05) is 12.4 Å². The fraction of sp³-hybridized carbons (Fsp3) is 0.0800. The molecule has 0 unspecified atom stereocenters. The number of aromatic hydroxyl groups is 1. The van der Waals surface area contributed by atoms with E-state index < -0.39 is 5.91 Å². The van der Waals surface area contributed by atoms with Crippen LogP contribution in [0.15, 0.2) is 83.0 Å². The number of methoxy groups -OCH3 is 1. The Labute approximate surface area is 190 Å². The van der Waals surface area contributed by atoms with Crippen LogP contribution in [-0.4, -0.2) is 18.1 Å². The summed E-state index contributed by atoms with van der Waals surface area (Å²) in [6.07, 6.45) is 0. The summed E-state index contributed by atoms with van der Waals surface area (Å²) in [5, 5.41) is 24.3. The van der Waals surface area contributed by atoms with Gasteiger partial charge in [-0.1, -0.05) is 54.1 Å². The summed E-state index contributed by atoms with van der Waals surface area (Å²) >= 11 is 6.08. The Morgan fingerprint density at radius 2 is 1.75 bits per heavy atom. The molecule has 0 atom stereocenters. The van der Waals surface area contributed by atoms with Crippen LogP contribution in [0.4, 0.5) is 17.1 Å². The van der Waals surface area contributed by atoms with Crippen molar-refractivity contribution in [1.82, 2.24) is 0 Å². The first-order chi connectivity index (χ1) is 15.5. The summed E-state index contributed by atoms with van der Waals surface area (Å²) in [5.74, 6) is -0.245. The molecule has 0 aromatic heterocycles. The molecule has 4 rings (SSSR count). The number of ether oxygens (including phenoxy) is 1. The smallest absolute Gasteiger partial charge is 0.259 e. The molecule has 0 aliphatic heterocycles. The van der Waals surface area contributed by atoms with E-state index >= 15 is 0 Å². The SMILES string of the molecule is COc1ccccc1NC(=O)c1cc2ccccc2c(N=Nc2cc(Cl)ccc2C)c1O. The first-order valence-corrected chi connectivity index (χ1v) is 10.2. The van der Waals surface area contributed by atoms with Crippen LogP contribution in [0.3, 0.4) is 0 Å². The van der Waals surface area contributed by atoms with Crippen molar-refractivity contribution < 1.29 is 14.6 Å². The number of fused-ring (bicyclic) bond motifs is 1. The van der Waals surface area contributed by atoms with Crippen LogP contribution < -0.4 is 10.1 Å². The lowest BCUT2D eigenvalue weighted by Crippen LogP contribution is -2.13. The van der Waals surface area contributed by atoms with Crippen molar-refractivity contribution >= 4 is 45.3 Å². The molecule has 4 aromatic rings. The maximum absolute atomic E-state index is 13.1. The second-order valence-electron chi connectivity index (χ2n) is 7.13. The van der Waals surface area contributed by atoms with Gasteiger partial charge < -0.3 is 15.2 Å². The minimum absolute atomic E-state index is 0.0753. The molecule has 160 valence electrons. The number of azo groups is 1. The predicted octanol–water partition coefficient (Wildman–Crippen LogP) is 7.18. The number of phenolic OH excluding ortho intramolecular Hbond substituents is 1. The van der Waals surface area contributed by atoms with Gasteiger partial charge in [0.2, 0.25) is 0 Å². The fourth-order valence-corrected chi connectivity index (χ4v) is 3.49. The topological polar surface area (TPSA) is 83.3 Å². The van der Waals surface area contributed by atoms with Crippen LogP contribution in [0.25, 0.3) is 10.8 Å². The minimum Gasteiger partial charge on any atom is -0.505 e. The molecular weight excluding hydrogens is 426 g/mol. The van der Waals surface area contributed by atoms with Crippen molar-refractivity contribution in [3.8, 4) is 11.5 Å². The summed E-state index contributed by atoms with van der Waals surface area (Å²) in [7, 11) is 1.52. The van der Waals surface area contributed by atoms with Gasteiger partial charge in [0.25, 0.3) is 5.91 Å². The molecule has 6 nitrogen and oxygen atoms in total. The molecule has 0 aliphatic rings. The average Bonchev–Trinajstić information content (AvgIpc) is 2.80. The Morgan fingerprint density at radius 3 is 2.56 bits per heavy atom. The van der Waals surface area contributed by atoms with E-state index in [0.717, 1.165) is 10.9 Å².